The molecule has 7 heteroatoms. The predicted octanol–water partition coefficient (Wildman–Crippen LogP) is 1.85. The fourth-order valence-corrected chi connectivity index (χ4v) is 2.73. The Morgan fingerprint density at radius 3 is 2.92 bits per heavy atom. The molecule has 0 saturated carbocycles. The molecule has 1 aliphatic heterocycles. The zero-order valence-corrected chi connectivity index (χ0v) is 14.5. The van der Waals surface area contributed by atoms with Crippen LogP contribution in [0, 0.1) is 5.82 Å². The van der Waals surface area contributed by atoms with Gasteiger partial charge in [0, 0.05) is 38.8 Å². The zero-order valence-electron chi connectivity index (χ0n) is 14.5. The van der Waals surface area contributed by atoms with Gasteiger partial charge in [0.05, 0.1) is 24.6 Å². The average molecular weight is 345 g/mol. The molecule has 6 nitrogen and oxygen atoms in total. The Balaban J connectivity index is 1.60. The highest BCUT2D eigenvalue weighted by molar-refractivity contribution is 5.80. The summed E-state index contributed by atoms with van der Waals surface area (Å²) in [6.45, 7) is 6.76. The Kier molecular flexibility index (Phi) is 6.00. The number of nitrogens with zero attached hydrogens (tertiary/aromatic N) is 4. The van der Waals surface area contributed by atoms with Gasteiger partial charge in [-0.25, -0.2) is 9.07 Å². The molecule has 2 aromatic rings. The van der Waals surface area contributed by atoms with E-state index in [-0.39, 0.29) is 5.82 Å². The maximum absolute atomic E-state index is 13.3. The van der Waals surface area contributed by atoms with Gasteiger partial charge in [-0.05, 0) is 31.2 Å². The molecule has 3 rings (SSSR count). The van der Waals surface area contributed by atoms with E-state index >= 15 is 0 Å². The van der Waals surface area contributed by atoms with Crippen LogP contribution in [0.15, 0.2) is 41.5 Å². The second kappa shape index (κ2) is 8.62. The summed E-state index contributed by atoms with van der Waals surface area (Å²) in [5, 5.41) is 7.83. The van der Waals surface area contributed by atoms with Crippen LogP contribution in [-0.2, 0) is 11.2 Å². The lowest BCUT2D eigenvalue weighted by molar-refractivity contribution is 0.0665. The van der Waals surface area contributed by atoms with E-state index in [4.69, 9.17) is 9.73 Å². The van der Waals surface area contributed by atoms with E-state index in [1.165, 1.54) is 12.1 Å². The van der Waals surface area contributed by atoms with Crippen molar-refractivity contribution in [1.82, 2.24) is 20.0 Å². The molecule has 1 N–H and O–H groups in total. The maximum Gasteiger partial charge on any atom is 0.194 e. The van der Waals surface area contributed by atoms with E-state index in [2.05, 4.69) is 22.2 Å². The van der Waals surface area contributed by atoms with Crippen LogP contribution in [0.4, 0.5) is 4.39 Å². The molecule has 1 aromatic heterocycles. The van der Waals surface area contributed by atoms with E-state index in [0.29, 0.717) is 6.54 Å². The Morgan fingerprint density at radius 1 is 1.32 bits per heavy atom. The van der Waals surface area contributed by atoms with Gasteiger partial charge in [-0.2, -0.15) is 5.10 Å². The van der Waals surface area contributed by atoms with Crippen molar-refractivity contribution in [2.45, 2.75) is 13.3 Å². The first-order valence-corrected chi connectivity index (χ1v) is 8.68. The number of aliphatic imine (C=N–C) groups is 1. The second-order valence-corrected chi connectivity index (χ2v) is 5.82. The number of morpholine rings is 1. The Labute approximate surface area is 147 Å². The number of ether oxygens (including phenoxy) is 1. The van der Waals surface area contributed by atoms with Crippen LogP contribution in [0.1, 0.15) is 12.6 Å². The third kappa shape index (κ3) is 4.79. The minimum absolute atomic E-state index is 0.264. The monoisotopic (exact) mass is 345 g/mol. The van der Waals surface area contributed by atoms with Crippen molar-refractivity contribution in [3.8, 4) is 5.69 Å². The fraction of sp³-hybridized carbons (Fsp3) is 0.444. The summed E-state index contributed by atoms with van der Waals surface area (Å²) in [6.07, 6.45) is 2.59. The van der Waals surface area contributed by atoms with Gasteiger partial charge < -0.3 is 15.0 Å². The van der Waals surface area contributed by atoms with Crippen LogP contribution in [0.3, 0.4) is 0 Å². The number of rotatable bonds is 5. The minimum atomic E-state index is -0.264. The highest BCUT2D eigenvalue weighted by atomic mass is 19.1. The van der Waals surface area contributed by atoms with Crippen molar-refractivity contribution in [1.29, 1.82) is 0 Å². The highest BCUT2D eigenvalue weighted by Crippen LogP contribution is 2.10. The van der Waals surface area contributed by atoms with Gasteiger partial charge in [0.1, 0.15) is 5.82 Å². The summed E-state index contributed by atoms with van der Waals surface area (Å²) >= 11 is 0. The molecular formula is C18H24FN5O. The van der Waals surface area contributed by atoms with Crippen LogP contribution >= 0.6 is 0 Å². The topological polar surface area (TPSA) is 54.7 Å². The zero-order chi connectivity index (χ0) is 17.5. The lowest BCUT2D eigenvalue weighted by Crippen LogP contribution is -2.47. The molecule has 0 amide bonds. The first-order chi connectivity index (χ1) is 12.3. The van der Waals surface area contributed by atoms with E-state index < -0.39 is 0 Å². The molecule has 0 spiro atoms. The standard InChI is InChI=1S/C18H24FN5O/c1-2-20-18(23-10-12-25-13-11-23)21-8-6-16-7-9-24(22-16)17-5-3-4-15(19)14-17/h3-5,7,9,14H,2,6,8,10-13H2,1H3,(H,20,21). The van der Waals surface area contributed by atoms with Gasteiger partial charge in [0.25, 0.3) is 0 Å². The first-order valence-electron chi connectivity index (χ1n) is 8.68. The SMILES string of the molecule is CCNC(=NCCc1ccn(-c2cccc(F)c2)n1)N1CCOCC1. The summed E-state index contributed by atoms with van der Waals surface area (Å²) < 4.78 is 20.4. The Bertz CT molecular complexity index is 709. The van der Waals surface area contributed by atoms with Gasteiger partial charge in [-0.1, -0.05) is 6.07 Å². The number of nitrogens with one attached hydrogen (secondary N) is 1. The summed E-state index contributed by atoms with van der Waals surface area (Å²) in [6, 6.07) is 8.36. The van der Waals surface area contributed by atoms with Crippen LogP contribution in [-0.4, -0.2) is 60.0 Å². The highest BCUT2D eigenvalue weighted by Gasteiger charge is 2.14. The van der Waals surface area contributed by atoms with Crippen LogP contribution in [0.5, 0.6) is 0 Å². The molecule has 0 atom stereocenters. The number of hydrogen-bond donors (Lipinski definition) is 1. The molecule has 0 aliphatic carbocycles. The van der Waals surface area contributed by atoms with Crippen molar-refractivity contribution < 1.29 is 9.13 Å². The van der Waals surface area contributed by atoms with E-state index in [0.717, 1.165) is 56.6 Å². The van der Waals surface area contributed by atoms with Gasteiger partial charge in [-0.3, -0.25) is 4.99 Å². The first kappa shape index (κ1) is 17.4. The fourth-order valence-electron chi connectivity index (χ4n) is 2.73. The van der Waals surface area contributed by atoms with Gasteiger partial charge in [-0.15, -0.1) is 0 Å². The van der Waals surface area contributed by atoms with Crippen molar-refractivity contribution in [3.05, 3.63) is 48.0 Å². The molecule has 1 aromatic carbocycles. The van der Waals surface area contributed by atoms with E-state index in [1.54, 1.807) is 10.7 Å². The van der Waals surface area contributed by atoms with Crippen LogP contribution in [0.25, 0.3) is 5.69 Å². The normalized spacial score (nSPS) is 15.4. The number of hydrogen-bond acceptors (Lipinski definition) is 3. The molecule has 0 bridgehead atoms. The minimum Gasteiger partial charge on any atom is -0.378 e. The number of aromatic nitrogens is 2. The number of guanidine groups is 1. The van der Waals surface area contributed by atoms with Crippen molar-refractivity contribution in [3.63, 3.8) is 0 Å². The summed E-state index contributed by atoms with van der Waals surface area (Å²) in [5.74, 6) is 0.662. The number of benzene rings is 1. The third-order valence-electron chi connectivity index (χ3n) is 3.99. The molecule has 2 heterocycles. The van der Waals surface area contributed by atoms with Gasteiger partial charge >= 0.3 is 0 Å². The van der Waals surface area contributed by atoms with Crippen molar-refractivity contribution in [2.75, 3.05) is 39.4 Å². The smallest absolute Gasteiger partial charge is 0.194 e. The molecule has 0 radical (unpaired) electrons. The molecule has 1 fully saturated rings. The van der Waals surface area contributed by atoms with Crippen molar-refractivity contribution in [2.24, 2.45) is 4.99 Å². The van der Waals surface area contributed by atoms with Gasteiger partial charge in [0.2, 0.25) is 0 Å². The Morgan fingerprint density at radius 2 is 2.16 bits per heavy atom. The molecular weight excluding hydrogens is 321 g/mol. The predicted molar refractivity (Wildman–Crippen MR) is 95.6 cm³/mol. The summed E-state index contributed by atoms with van der Waals surface area (Å²) in [4.78, 5) is 6.92. The summed E-state index contributed by atoms with van der Waals surface area (Å²) in [5.41, 5.74) is 1.65. The lowest BCUT2D eigenvalue weighted by Gasteiger charge is -2.30. The molecule has 1 saturated heterocycles. The van der Waals surface area contributed by atoms with Gasteiger partial charge in [0.15, 0.2) is 5.96 Å². The van der Waals surface area contributed by atoms with E-state index in [9.17, 15) is 4.39 Å². The number of halogens is 1. The lowest BCUT2D eigenvalue weighted by atomic mass is 10.3. The van der Waals surface area contributed by atoms with Crippen LogP contribution < -0.4 is 5.32 Å². The molecule has 134 valence electrons. The molecule has 0 unspecified atom stereocenters. The third-order valence-corrected chi connectivity index (χ3v) is 3.99. The van der Waals surface area contributed by atoms with E-state index in [1.807, 2.05) is 18.3 Å². The van der Waals surface area contributed by atoms with Crippen LogP contribution in [0.2, 0.25) is 0 Å². The molecule has 25 heavy (non-hydrogen) atoms. The van der Waals surface area contributed by atoms with Crippen molar-refractivity contribution >= 4 is 5.96 Å². The average Bonchev–Trinajstić information content (AvgIpc) is 3.11. The quantitative estimate of drug-likeness (QED) is 0.664. The Hall–Kier alpha value is -2.41. The maximum atomic E-state index is 13.3. The molecule has 1 aliphatic rings. The second-order valence-electron chi connectivity index (χ2n) is 5.82. The largest absolute Gasteiger partial charge is 0.378 e. The summed E-state index contributed by atoms with van der Waals surface area (Å²) in [7, 11) is 0.